The first-order valence-corrected chi connectivity index (χ1v) is 11.5. The van der Waals surface area contributed by atoms with Gasteiger partial charge in [0.1, 0.15) is 0 Å². The van der Waals surface area contributed by atoms with Crippen molar-refractivity contribution in [3.8, 4) is 17.1 Å². The minimum Gasteiger partial charge on any atom is -0.337 e. The highest BCUT2D eigenvalue weighted by Gasteiger charge is 2.30. The minimum absolute atomic E-state index is 0.0577. The zero-order valence-corrected chi connectivity index (χ0v) is 19.8. The molecule has 0 N–H and O–H groups in total. The molecule has 4 aromatic rings. The summed E-state index contributed by atoms with van der Waals surface area (Å²) in [5, 5.41) is 23.4. The van der Waals surface area contributed by atoms with Crippen LogP contribution < -0.4 is 0 Å². The highest BCUT2D eigenvalue weighted by atomic mass is 16.6. The lowest BCUT2D eigenvalue weighted by Crippen LogP contribution is -2.49. The first-order chi connectivity index (χ1) is 17.4. The van der Waals surface area contributed by atoms with E-state index in [1.807, 2.05) is 37.3 Å². The average molecular weight is 489 g/mol. The number of nitrogens with zero attached hydrogens (tertiary/aromatic N) is 8. The van der Waals surface area contributed by atoms with Crippen LogP contribution in [-0.2, 0) is 0 Å². The third kappa shape index (κ3) is 4.45. The van der Waals surface area contributed by atoms with E-state index in [2.05, 4.69) is 25.4 Å². The van der Waals surface area contributed by atoms with Crippen molar-refractivity contribution in [2.24, 2.45) is 0 Å². The zero-order valence-electron chi connectivity index (χ0n) is 19.8. The quantitative estimate of drug-likeness (QED) is 0.296. The Morgan fingerprint density at radius 1 is 1.08 bits per heavy atom. The lowest BCUT2D eigenvalue weighted by atomic mass is 10.2. The van der Waals surface area contributed by atoms with E-state index in [1.165, 1.54) is 16.8 Å². The van der Waals surface area contributed by atoms with Gasteiger partial charge in [-0.15, -0.1) is 5.10 Å². The minimum atomic E-state index is -0.473. The van der Waals surface area contributed by atoms with Crippen molar-refractivity contribution in [1.29, 1.82) is 0 Å². The molecule has 2 aromatic heterocycles. The maximum absolute atomic E-state index is 13.2. The molecule has 0 spiro atoms. The Hall–Kier alpha value is -4.45. The number of carbonyl (C=O) groups excluding carboxylic acids is 1. The second-order valence-electron chi connectivity index (χ2n) is 8.54. The highest BCUT2D eigenvalue weighted by Crippen LogP contribution is 2.24. The van der Waals surface area contributed by atoms with Crippen molar-refractivity contribution in [2.45, 2.75) is 19.9 Å². The molecule has 12 heteroatoms. The zero-order chi connectivity index (χ0) is 25.2. The fourth-order valence-electron chi connectivity index (χ4n) is 4.24. The molecule has 1 fully saturated rings. The fraction of sp³-hybridized carbons (Fsp3) is 0.292. The number of piperazine rings is 1. The Kier molecular flexibility index (Phi) is 6.25. The van der Waals surface area contributed by atoms with E-state index in [-0.39, 0.29) is 23.3 Å². The van der Waals surface area contributed by atoms with Gasteiger partial charge in [-0.3, -0.25) is 19.8 Å². The Balaban J connectivity index is 1.24. The first kappa shape index (κ1) is 23.3. The molecule has 12 nitrogen and oxygen atoms in total. The topological polar surface area (TPSA) is 136 Å². The molecular weight excluding hydrogens is 464 g/mol. The SMILES string of the molecule is Cc1c(C(=O)N2CCN(C(C)c3nc(-c4ccccc4)no3)CC2)nnn1-c1cccc([N+](=O)[O-])c1. The lowest BCUT2D eigenvalue weighted by molar-refractivity contribution is -0.384. The molecule has 0 bridgehead atoms. The average Bonchev–Trinajstić information content (AvgIpc) is 3.56. The Morgan fingerprint density at radius 2 is 1.83 bits per heavy atom. The van der Waals surface area contributed by atoms with Crippen LogP contribution in [0.15, 0.2) is 59.1 Å². The van der Waals surface area contributed by atoms with Crippen molar-refractivity contribution in [3.05, 3.63) is 82.0 Å². The Bertz CT molecular complexity index is 1390. The predicted octanol–water partition coefficient (Wildman–Crippen LogP) is 3.05. The highest BCUT2D eigenvalue weighted by molar-refractivity contribution is 5.93. The first-order valence-electron chi connectivity index (χ1n) is 11.5. The predicted molar refractivity (Wildman–Crippen MR) is 128 cm³/mol. The second-order valence-corrected chi connectivity index (χ2v) is 8.54. The lowest BCUT2D eigenvalue weighted by Gasteiger charge is -2.36. The molecule has 5 rings (SSSR count). The number of rotatable bonds is 6. The summed E-state index contributed by atoms with van der Waals surface area (Å²) in [7, 11) is 0. The molecule has 1 aliphatic rings. The normalized spacial score (nSPS) is 15.1. The van der Waals surface area contributed by atoms with Gasteiger partial charge in [0, 0.05) is 43.9 Å². The van der Waals surface area contributed by atoms with Gasteiger partial charge < -0.3 is 9.42 Å². The van der Waals surface area contributed by atoms with Gasteiger partial charge in [-0.05, 0) is 19.9 Å². The number of aromatic nitrogens is 5. The number of carbonyl (C=O) groups is 1. The van der Waals surface area contributed by atoms with E-state index in [0.29, 0.717) is 49.3 Å². The standard InChI is InChI=1S/C24H24N8O4/c1-16-21(26-28-31(16)19-9-6-10-20(15-19)32(34)35)24(33)30-13-11-29(12-14-30)17(2)23-25-22(27-36-23)18-7-4-3-5-8-18/h3-10,15,17H,11-14H2,1-2H3. The van der Waals surface area contributed by atoms with Crippen LogP contribution in [0, 0.1) is 17.0 Å². The van der Waals surface area contributed by atoms with Gasteiger partial charge in [0.05, 0.1) is 22.3 Å². The van der Waals surface area contributed by atoms with E-state index < -0.39 is 4.92 Å². The number of benzene rings is 2. The molecule has 0 aliphatic carbocycles. The number of nitro groups is 1. The summed E-state index contributed by atoms with van der Waals surface area (Å²) in [5.41, 5.74) is 2.06. The Labute approximate surface area is 206 Å². The van der Waals surface area contributed by atoms with Gasteiger partial charge in [-0.1, -0.05) is 46.8 Å². The number of amides is 1. The summed E-state index contributed by atoms with van der Waals surface area (Å²) in [6.07, 6.45) is 0. The van der Waals surface area contributed by atoms with Crippen LogP contribution in [0.4, 0.5) is 5.69 Å². The molecule has 1 aliphatic heterocycles. The van der Waals surface area contributed by atoms with Crippen LogP contribution in [0.3, 0.4) is 0 Å². The van der Waals surface area contributed by atoms with E-state index in [9.17, 15) is 14.9 Å². The Morgan fingerprint density at radius 3 is 2.56 bits per heavy atom. The fourth-order valence-corrected chi connectivity index (χ4v) is 4.24. The molecule has 1 saturated heterocycles. The van der Waals surface area contributed by atoms with Crippen LogP contribution in [0.2, 0.25) is 0 Å². The summed E-state index contributed by atoms with van der Waals surface area (Å²) < 4.78 is 6.96. The molecule has 1 unspecified atom stereocenters. The third-order valence-electron chi connectivity index (χ3n) is 6.36. The van der Waals surface area contributed by atoms with Crippen molar-refractivity contribution >= 4 is 11.6 Å². The van der Waals surface area contributed by atoms with Gasteiger partial charge >= 0.3 is 0 Å². The summed E-state index contributed by atoms with van der Waals surface area (Å²) in [5.74, 6) is 0.860. The maximum atomic E-state index is 13.2. The summed E-state index contributed by atoms with van der Waals surface area (Å²) in [4.78, 5) is 32.3. The van der Waals surface area contributed by atoms with Crippen LogP contribution in [0.1, 0.15) is 35.0 Å². The molecule has 1 amide bonds. The smallest absolute Gasteiger partial charge is 0.276 e. The molecule has 184 valence electrons. The summed E-state index contributed by atoms with van der Waals surface area (Å²) in [6.45, 7) is 6.01. The van der Waals surface area contributed by atoms with Gasteiger partial charge in [-0.2, -0.15) is 4.98 Å². The van der Waals surface area contributed by atoms with Crippen molar-refractivity contribution in [3.63, 3.8) is 0 Å². The van der Waals surface area contributed by atoms with Crippen LogP contribution in [-0.4, -0.2) is 71.9 Å². The third-order valence-corrected chi connectivity index (χ3v) is 6.36. The molecule has 0 radical (unpaired) electrons. The molecule has 0 saturated carbocycles. The molecular formula is C24H24N8O4. The summed E-state index contributed by atoms with van der Waals surface area (Å²) >= 11 is 0. The monoisotopic (exact) mass is 488 g/mol. The van der Waals surface area contributed by atoms with E-state index >= 15 is 0 Å². The second kappa shape index (κ2) is 9.66. The summed E-state index contributed by atoms with van der Waals surface area (Å²) in [6, 6.07) is 15.6. The van der Waals surface area contributed by atoms with E-state index in [1.54, 1.807) is 24.0 Å². The van der Waals surface area contributed by atoms with Crippen molar-refractivity contribution in [2.75, 3.05) is 26.2 Å². The largest absolute Gasteiger partial charge is 0.337 e. The van der Waals surface area contributed by atoms with Gasteiger partial charge in [-0.25, -0.2) is 4.68 Å². The van der Waals surface area contributed by atoms with Gasteiger partial charge in [0.2, 0.25) is 11.7 Å². The van der Waals surface area contributed by atoms with Crippen molar-refractivity contribution < 1.29 is 14.2 Å². The van der Waals surface area contributed by atoms with Crippen LogP contribution in [0.25, 0.3) is 17.1 Å². The van der Waals surface area contributed by atoms with E-state index in [0.717, 1.165) is 5.56 Å². The van der Waals surface area contributed by atoms with Crippen LogP contribution >= 0.6 is 0 Å². The number of hydrogen-bond donors (Lipinski definition) is 0. The molecule has 1 atom stereocenters. The van der Waals surface area contributed by atoms with E-state index in [4.69, 9.17) is 4.52 Å². The number of nitro benzene ring substituents is 1. The molecule has 36 heavy (non-hydrogen) atoms. The van der Waals surface area contributed by atoms with Gasteiger partial charge in [0.25, 0.3) is 11.6 Å². The van der Waals surface area contributed by atoms with Crippen molar-refractivity contribution in [1.82, 2.24) is 34.9 Å². The van der Waals surface area contributed by atoms with Gasteiger partial charge in [0.15, 0.2) is 5.69 Å². The molecule has 2 aromatic carbocycles. The number of hydrogen-bond acceptors (Lipinski definition) is 9. The maximum Gasteiger partial charge on any atom is 0.276 e. The van der Waals surface area contributed by atoms with Crippen LogP contribution in [0.5, 0.6) is 0 Å². The molecule has 3 heterocycles. The number of non-ortho nitro benzene ring substituents is 1.